The van der Waals surface area contributed by atoms with Crippen molar-refractivity contribution in [2.45, 2.75) is 38.7 Å². The van der Waals surface area contributed by atoms with Crippen molar-refractivity contribution in [3.05, 3.63) is 35.8 Å². The molecule has 130 valence electrons. The Balaban J connectivity index is 1.91. The summed E-state index contributed by atoms with van der Waals surface area (Å²) in [6.07, 6.45) is 3.98. The number of ether oxygens (including phenoxy) is 1. The van der Waals surface area contributed by atoms with Crippen LogP contribution in [0.4, 0.5) is 4.39 Å². The number of ketones is 1. The molecular weight excluding hydrogens is 307 g/mol. The van der Waals surface area contributed by atoms with Crippen molar-refractivity contribution in [3.63, 3.8) is 0 Å². The summed E-state index contributed by atoms with van der Waals surface area (Å²) in [5, 5.41) is 4.04. The maximum absolute atomic E-state index is 14.3. The lowest BCUT2D eigenvalue weighted by molar-refractivity contribution is 0.00571. The number of fused-ring (bicyclic) bond motifs is 1. The van der Waals surface area contributed by atoms with Crippen LogP contribution in [0.15, 0.2) is 24.4 Å². The molecule has 0 saturated carbocycles. The fraction of sp³-hybridized carbons (Fsp3) is 0.526. The molecule has 1 saturated heterocycles. The number of nitrogens with one attached hydrogen (secondary N) is 2. The molecule has 1 unspecified atom stereocenters. The number of methoxy groups -OCH3 is 1. The molecule has 0 radical (unpaired) electrons. The molecule has 0 aliphatic carbocycles. The summed E-state index contributed by atoms with van der Waals surface area (Å²) >= 11 is 0. The fourth-order valence-corrected chi connectivity index (χ4v) is 3.47. The van der Waals surface area contributed by atoms with E-state index >= 15 is 0 Å². The lowest BCUT2D eigenvalue weighted by atomic mass is 9.74. The molecule has 1 fully saturated rings. The van der Waals surface area contributed by atoms with Crippen molar-refractivity contribution in [1.82, 2.24) is 10.3 Å². The maximum Gasteiger partial charge on any atom is 0.170 e. The normalized spacial score (nSPS) is 21.5. The van der Waals surface area contributed by atoms with Crippen molar-refractivity contribution in [2.75, 3.05) is 20.2 Å². The third-order valence-corrected chi connectivity index (χ3v) is 5.36. The molecule has 2 N–H and O–H groups in total. The SMILES string of the molecule is COC(C)(C)CCC1(C(=O)c2cc(F)c3[nH]ccc3c2)CCNC1. The van der Waals surface area contributed by atoms with Crippen LogP contribution in [-0.4, -0.2) is 36.6 Å². The predicted octanol–water partition coefficient (Wildman–Crippen LogP) is 3.67. The average molecular weight is 332 g/mol. The van der Waals surface area contributed by atoms with Crippen LogP contribution in [0.5, 0.6) is 0 Å². The molecule has 1 aliphatic rings. The van der Waals surface area contributed by atoms with Crippen LogP contribution in [0.3, 0.4) is 0 Å². The summed E-state index contributed by atoms with van der Waals surface area (Å²) in [7, 11) is 1.69. The van der Waals surface area contributed by atoms with Gasteiger partial charge < -0.3 is 15.0 Å². The zero-order valence-corrected chi connectivity index (χ0v) is 14.5. The molecular formula is C19H25FN2O2. The summed E-state index contributed by atoms with van der Waals surface area (Å²) in [5.41, 5.74) is 0.155. The minimum absolute atomic E-state index is 0.0291. The standard InChI is InChI=1S/C19H25FN2O2/c1-18(2,24-3)5-6-19(7-9-21-12-19)17(23)14-10-13-4-8-22-16(13)15(20)11-14/h4,8,10-11,21-22H,5-7,9,12H2,1-3H3. The quantitative estimate of drug-likeness (QED) is 0.794. The van der Waals surface area contributed by atoms with Crippen LogP contribution >= 0.6 is 0 Å². The van der Waals surface area contributed by atoms with Crippen molar-refractivity contribution in [3.8, 4) is 0 Å². The summed E-state index contributed by atoms with van der Waals surface area (Å²) in [6, 6.07) is 4.95. The van der Waals surface area contributed by atoms with Crippen LogP contribution in [-0.2, 0) is 4.74 Å². The van der Waals surface area contributed by atoms with Crippen molar-refractivity contribution < 1.29 is 13.9 Å². The van der Waals surface area contributed by atoms with Crippen molar-refractivity contribution in [1.29, 1.82) is 0 Å². The zero-order chi connectivity index (χ0) is 17.4. The highest BCUT2D eigenvalue weighted by atomic mass is 19.1. The number of hydrogen-bond donors (Lipinski definition) is 2. The maximum atomic E-state index is 14.3. The highest BCUT2D eigenvalue weighted by Crippen LogP contribution is 2.38. The summed E-state index contributed by atoms with van der Waals surface area (Å²) in [5.74, 6) is -0.347. The van der Waals surface area contributed by atoms with E-state index in [-0.39, 0.29) is 17.2 Å². The number of halogens is 1. The smallest absolute Gasteiger partial charge is 0.170 e. The van der Waals surface area contributed by atoms with Gasteiger partial charge in [0.1, 0.15) is 5.82 Å². The number of aromatic nitrogens is 1. The number of rotatable bonds is 6. The molecule has 1 aromatic heterocycles. The van der Waals surface area contributed by atoms with Gasteiger partial charge in [-0.1, -0.05) is 0 Å². The lowest BCUT2D eigenvalue weighted by Gasteiger charge is -2.31. The average Bonchev–Trinajstić information content (AvgIpc) is 3.22. The van der Waals surface area contributed by atoms with Gasteiger partial charge >= 0.3 is 0 Å². The molecule has 4 nitrogen and oxygen atoms in total. The second-order valence-corrected chi connectivity index (χ2v) is 7.40. The first-order valence-electron chi connectivity index (χ1n) is 8.44. The Bertz CT molecular complexity index is 745. The second-order valence-electron chi connectivity index (χ2n) is 7.40. The Morgan fingerprint density at radius 1 is 1.42 bits per heavy atom. The van der Waals surface area contributed by atoms with Crippen LogP contribution < -0.4 is 5.32 Å². The number of aromatic amines is 1. The highest BCUT2D eigenvalue weighted by Gasteiger charge is 2.42. The highest BCUT2D eigenvalue weighted by molar-refractivity contribution is 6.03. The van der Waals surface area contributed by atoms with Gasteiger partial charge in [0.15, 0.2) is 5.78 Å². The molecule has 0 spiro atoms. The molecule has 2 aromatic rings. The first-order chi connectivity index (χ1) is 11.4. The molecule has 0 amide bonds. The van der Waals surface area contributed by atoms with Crippen molar-refractivity contribution >= 4 is 16.7 Å². The number of H-pyrrole nitrogens is 1. The van der Waals surface area contributed by atoms with Gasteiger partial charge in [-0.2, -0.15) is 0 Å². The molecule has 1 aromatic carbocycles. The third-order valence-electron chi connectivity index (χ3n) is 5.36. The number of carbonyl (C=O) groups is 1. The van der Waals surface area contributed by atoms with Gasteiger partial charge in [0.2, 0.25) is 0 Å². The van der Waals surface area contributed by atoms with E-state index in [0.717, 1.165) is 31.2 Å². The van der Waals surface area contributed by atoms with Crippen LogP contribution in [0.1, 0.15) is 43.5 Å². The van der Waals surface area contributed by atoms with E-state index in [1.165, 1.54) is 6.07 Å². The largest absolute Gasteiger partial charge is 0.379 e. The van der Waals surface area contributed by atoms with Gasteiger partial charge in [0.05, 0.1) is 11.1 Å². The summed E-state index contributed by atoms with van der Waals surface area (Å²) < 4.78 is 19.8. The van der Waals surface area contributed by atoms with E-state index in [2.05, 4.69) is 10.3 Å². The Morgan fingerprint density at radius 3 is 2.88 bits per heavy atom. The van der Waals surface area contributed by atoms with E-state index < -0.39 is 5.41 Å². The minimum atomic E-state index is -0.480. The molecule has 1 atom stereocenters. The van der Waals surface area contributed by atoms with E-state index in [0.29, 0.717) is 17.6 Å². The van der Waals surface area contributed by atoms with Gasteiger partial charge in [-0.15, -0.1) is 0 Å². The molecule has 2 heterocycles. The second kappa shape index (κ2) is 6.30. The Kier molecular flexibility index (Phi) is 4.49. The summed E-state index contributed by atoms with van der Waals surface area (Å²) in [4.78, 5) is 16.1. The summed E-state index contributed by atoms with van der Waals surface area (Å²) in [6.45, 7) is 5.50. The van der Waals surface area contributed by atoms with Crippen molar-refractivity contribution in [2.24, 2.45) is 5.41 Å². The molecule has 0 bridgehead atoms. The first-order valence-corrected chi connectivity index (χ1v) is 8.44. The number of carbonyl (C=O) groups excluding carboxylic acids is 1. The Labute approximate surface area is 141 Å². The van der Waals surface area contributed by atoms with E-state index in [1.54, 1.807) is 25.4 Å². The van der Waals surface area contributed by atoms with Crippen LogP contribution in [0.2, 0.25) is 0 Å². The fourth-order valence-electron chi connectivity index (χ4n) is 3.47. The number of benzene rings is 1. The van der Waals surface area contributed by atoms with E-state index in [4.69, 9.17) is 4.74 Å². The third kappa shape index (κ3) is 3.10. The molecule has 1 aliphatic heterocycles. The van der Waals surface area contributed by atoms with Gasteiger partial charge in [-0.05, 0) is 57.9 Å². The first kappa shape index (κ1) is 17.1. The zero-order valence-electron chi connectivity index (χ0n) is 14.5. The van der Waals surface area contributed by atoms with Crippen LogP contribution in [0, 0.1) is 11.2 Å². The molecule has 24 heavy (non-hydrogen) atoms. The number of Topliss-reactive ketones (excluding diaryl/α,β-unsaturated/α-hetero) is 1. The predicted molar refractivity (Wildman–Crippen MR) is 92.8 cm³/mol. The van der Waals surface area contributed by atoms with Crippen LogP contribution in [0.25, 0.3) is 10.9 Å². The minimum Gasteiger partial charge on any atom is -0.379 e. The van der Waals surface area contributed by atoms with Gasteiger partial charge in [-0.25, -0.2) is 4.39 Å². The van der Waals surface area contributed by atoms with Gasteiger partial charge in [0, 0.05) is 36.2 Å². The Hall–Kier alpha value is -1.72. The molecule has 3 rings (SSSR count). The van der Waals surface area contributed by atoms with E-state index in [9.17, 15) is 9.18 Å². The van der Waals surface area contributed by atoms with Gasteiger partial charge in [-0.3, -0.25) is 4.79 Å². The van der Waals surface area contributed by atoms with E-state index in [1.807, 2.05) is 13.8 Å². The topological polar surface area (TPSA) is 54.1 Å². The van der Waals surface area contributed by atoms with Gasteiger partial charge in [0.25, 0.3) is 0 Å². The number of hydrogen-bond acceptors (Lipinski definition) is 3. The monoisotopic (exact) mass is 332 g/mol. The molecule has 5 heteroatoms. The lowest BCUT2D eigenvalue weighted by Crippen LogP contribution is -2.36. The Morgan fingerprint density at radius 2 is 2.21 bits per heavy atom.